The van der Waals surface area contributed by atoms with Crippen LogP contribution in [0.3, 0.4) is 0 Å². The van der Waals surface area contributed by atoms with Gasteiger partial charge >= 0.3 is 6.09 Å². The molecule has 2 N–H and O–H groups in total. The normalized spacial score (nSPS) is 28.2. The number of rotatable bonds is 5. The van der Waals surface area contributed by atoms with Crippen molar-refractivity contribution in [3.63, 3.8) is 0 Å². The third kappa shape index (κ3) is 4.48. The molecule has 1 spiro atoms. The number of nitrogens with zero attached hydrogens (tertiary/aromatic N) is 3. The fourth-order valence-corrected chi connectivity index (χ4v) is 5.44. The molecule has 3 fully saturated rings. The minimum absolute atomic E-state index is 0.220. The van der Waals surface area contributed by atoms with Crippen LogP contribution in [-0.4, -0.2) is 72.5 Å². The summed E-state index contributed by atoms with van der Waals surface area (Å²) < 4.78 is 10.5. The minimum Gasteiger partial charge on any atom is -0.493 e. The van der Waals surface area contributed by atoms with Crippen LogP contribution in [-0.2, 0) is 9.53 Å². The van der Waals surface area contributed by atoms with Gasteiger partial charge in [0, 0.05) is 31.7 Å². The first-order chi connectivity index (χ1) is 15.5. The SMILES string of the molecule is CCOC(=O)Nc1cnc(N2CCC[C@@]3(CCN([C@H]4CC[C@@H](O)CC4)C3=O)C2)c(OC)c1. The maximum Gasteiger partial charge on any atom is 0.411 e. The van der Waals surface area contributed by atoms with Gasteiger partial charge in [-0.05, 0) is 51.9 Å². The van der Waals surface area contributed by atoms with E-state index in [1.54, 1.807) is 26.3 Å². The third-order valence-electron chi connectivity index (χ3n) is 7.10. The van der Waals surface area contributed by atoms with E-state index in [1.165, 1.54) is 0 Å². The second-order valence-electron chi connectivity index (χ2n) is 9.11. The highest BCUT2D eigenvalue weighted by Crippen LogP contribution is 2.44. The highest BCUT2D eigenvalue weighted by atomic mass is 16.5. The average Bonchev–Trinajstić information content (AvgIpc) is 3.09. The van der Waals surface area contributed by atoms with Gasteiger partial charge < -0.3 is 24.4 Å². The van der Waals surface area contributed by atoms with Crippen molar-refractivity contribution in [2.24, 2.45) is 5.41 Å². The summed E-state index contributed by atoms with van der Waals surface area (Å²) in [6.45, 7) is 4.25. The Morgan fingerprint density at radius 1 is 1.28 bits per heavy atom. The lowest BCUT2D eigenvalue weighted by atomic mass is 9.78. The lowest BCUT2D eigenvalue weighted by Gasteiger charge is -2.41. The quantitative estimate of drug-likeness (QED) is 0.717. The molecule has 0 radical (unpaired) electrons. The fourth-order valence-electron chi connectivity index (χ4n) is 5.44. The monoisotopic (exact) mass is 446 g/mol. The van der Waals surface area contributed by atoms with Crippen LogP contribution in [0.5, 0.6) is 5.75 Å². The van der Waals surface area contributed by atoms with E-state index in [-0.39, 0.29) is 30.1 Å². The number of methoxy groups -OCH3 is 1. The van der Waals surface area contributed by atoms with Gasteiger partial charge in [-0.3, -0.25) is 10.1 Å². The third-order valence-corrected chi connectivity index (χ3v) is 7.10. The molecule has 176 valence electrons. The van der Waals surface area contributed by atoms with Crippen LogP contribution >= 0.6 is 0 Å². The predicted molar refractivity (Wildman–Crippen MR) is 120 cm³/mol. The standard InChI is InChI=1S/C23H34N4O5/c1-3-32-22(30)25-16-13-19(31-2)20(24-14-16)26-11-4-9-23(15-26)10-12-27(21(23)29)17-5-7-18(28)8-6-17/h13-14,17-18,28H,3-12,15H2,1-2H3,(H,25,30)/t17-,18+,23-/m1/s1. The highest BCUT2D eigenvalue weighted by molar-refractivity contribution is 5.87. The maximum absolute atomic E-state index is 13.6. The second-order valence-corrected chi connectivity index (χ2v) is 9.11. The number of likely N-dealkylation sites (tertiary alicyclic amines) is 1. The predicted octanol–water partition coefficient (Wildman–Crippen LogP) is 2.78. The van der Waals surface area contributed by atoms with Crippen molar-refractivity contribution in [1.29, 1.82) is 0 Å². The molecule has 1 aliphatic carbocycles. The summed E-state index contributed by atoms with van der Waals surface area (Å²) in [6.07, 6.45) is 6.82. The van der Waals surface area contributed by atoms with E-state index in [9.17, 15) is 14.7 Å². The molecule has 9 heteroatoms. The second kappa shape index (κ2) is 9.52. The van der Waals surface area contributed by atoms with E-state index in [2.05, 4.69) is 20.1 Å². The van der Waals surface area contributed by atoms with Crippen molar-refractivity contribution in [2.75, 3.05) is 43.6 Å². The number of anilines is 2. The van der Waals surface area contributed by atoms with Crippen LogP contribution in [0.1, 0.15) is 51.9 Å². The number of amides is 2. The van der Waals surface area contributed by atoms with Crippen LogP contribution in [0.25, 0.3) is 0 Å². The van der Waals surface area contributed by atoms with Gasteiger partial charge in [-0.25, -0.2) is 9.78 Å². The van der Waals surface area contributed by atoms with Gasteiger partial charge in [-0.15, -0.1) is 0 Å². The lowest BCUT2D eigenvalue weighted by molar-refractivity contribution is -0.139. The van der Waals surface area contributed by atoms with E-state index in [0.29, 0.717) is 23.8 Å². The van der Waals surface area contributed by atoms with Crippen molar-refractivity contribution < 1.29 is 24.2 Å². The number of piperidine rings is 1. The molecule has 1 atom stereocenters. The number of carbonyl (C=O) groups is 2. The van der Waals surface area contributed by atoms with Gasteiger partial charge in [0.15, 0.2) is 11.6 Å². The van der Waals surface area contributed by atoms with Crippen molar-refractivity contribution >= 4 is 23.5 Å². The summed E-state index contributed by atoms with van der Waals surface area (Å²) in [5.74, 6) is 1.50. The molecule has 1 aromatic rings. The number of aromatic nitrogens is 1. The molecule has 1 aromatic heterocycles. The highest BCUT2D eigenvalue weighted by Gasteiger charge is 2.51. The van der Waals surface area contributed by atoms with E-state index >= 15 is 0 Å². The molecule has 1 saturated carbocycles. The first-order valence-electron chi connectivity index (χ1n) is 11.7. The lowest BCUT2D eigenvalue weighted by Crippen LogP contribution is -2.50. The van der Waals surface area contributed by atoms with Gasteiger partial charge in [0.2, 0.25) is 5.91 Å². The Kier molecular flexibility index (Phi) is 6.74. The molecule has 0 aromatic carbocycles. The zero-order chi connectivity index (χ0) is 22.7. The van der Waals surface area contributed by atoms with Crippen molar-refractivity contribution in [3.05, 3.63) is 12.3 Å². The van der Waals surface area contributed by atoms with Crippen molar-refractivity contribution in [1.82, 2.24) is 9.88 Å². The van der Waals surface area contributed by atoms with E-state index in [0.717, 1.165) is 58.0 Å². The summed E-state index contributed by atoms with van der Waals surface area (Å²) >= 11 is 0. The summed E-state index contributed by atoms with van der Waals surface area (Å²) in [7, 11) is 1.58. The topological polar surface area (TPSA) is 104 Å². The zero-order valence-corrected chi connectivity index (χ0v) is 19.0. The van der Waals surface area contributed by atoms with Crippen LogP contribution in [0, 0.1) is 5.41 Å². The van der Waals surface area contributed by atoms with Crippen molar-refractivity contribution in [2.45, 2.75) is 64.0 Å². The van der Waals surface area contributed by atoms with E-state index < -0.39 is 6.09 Å². The molecular formula is C23H34N4O5. The number of nitrogens with one attached hydrogen (secondary N) is 1. The maximum atomic E-state index is 13.6. The molecule has 3 heterocycles. The molecule has 0 unspecified atom stereocenters. The van der Waals surface area contributed by atoms with Crippen LogP contribution in [0.15, 0.2) is 12.3 Å². The summed E-state index contributed by atoms with van der Waals surface area (Å²) in [6, 6.07) is 1.98. The molecule has 2 aliphatic heterocycles. The van der Waals surface area contributed by atoms with Crippen LogP contribution < -0.4 is 15.0 Å². The number of pyridine rings is 1. The Hall–Kier alpha value is -2.55. The minimum atomic E-state index is -0.534. The number of aliphatic hydroxyl groups excluding tert-OH is 1. The van der Waals surface area contributed by atoms with Gasteiger partial charge in [0.25, 0.3) is 0 Å². The van der Waals surface area contributed by atoms with Crippen molar-refractivity contribution in [3.8, 4) is 5.75 Å². The number of ether oxygens (including phenoxy) is 2. The van der Waals surface area contributed by atoms with Crippen LogP contribution in [0.2, 0.25) is 0 Å². The Bertz CT molecular complexity index is 842. The first-order valence-corrected chi connectivity index (χ1v) is 11.7. The Balaban J connectivity index is 1.48. The van der Waals surface area contributed by atoms with E-state index in [4.69, 9.17) is 9.47 Å². The van der Waals surface area contributed by atoms with E-state index in [1.807, 2.05) is 0 Å². The Labute approximate surface area is 189 Å². The van der Waals surface area contributed by atoms with Gasteiger partial charge in [-0.1, -0.05) is 0 Å². The zero-order valence-electron chi connectivity index (χ0n) is 19.0. The van der Waals surface area contributed by atoms with Gasteiger partial charge in [-0.2, -0.15) is 0 Å². The Morgan fingerprint density at radius 3 is 2.78 bits per heavy atom. The molecule has 3 aliphatic rings. The largest absolute Gasteiger partial charge is 0.493 e. The number of hydrogen-bond donors (Lipinski definition) is 2. The smallest absolute Gasteiger partial charge is 0.411 e. The average molecular weight is 447 g/mol. The number of hydrogen-bond acceptors (Lipinski definition) is 7. The van der Waals surface area contributed by atoms with Gasteiger partial charge in [0.1, 0.15) is 0 Å². The van der Waals surface area contributed by atoms with Crippen LogP contribution in [0.4, 0.5) is 16.3 Å². The molecule has 4 rings (SSSR count). The molecule has 9 nitrogen and oxygen atoms in total. The summed E-state index contributed by atoms with van der Waals surface area (Å²) in [5.41, 5.74) is 0.112. The first kappa shape index (κ1) is 22.6. The Morgan fingerprint density at radius 2 is 2.06 bits per heavy atom. The number of aliphatic hydroxyl groups is 1. The number of carbonyl (C=O) groups excluding carboxylic acids is 2. The molecule has 2 amide bonds. The molecule has 2 saturated heterocycles. The fraction of sp³-hybridized carbons (Fsp3) is 0.696. The molecule has 0 bridgehead atoms. The molecular weight excluding hydrogens is 412 g/mol. The summed E-state index contributed by atoms with van der Waals surface area (Å²) in [4.78, 5) is 34.0. The molecule has 32 heavy (non-hydrogen) atoms. The van der Waals surface area contributed by atoms with Gasteiger partial charge in [0.05, 0.1) is 37.1 Å². The summed E-state index contributed by atoms with van der Waals surface area (Å²) in [5, 5.41) is 12.5.